The van der Waals surface area contributed by atoms with E-state index in [-0.39, 0.29) is 0 Å². The summed E-state index contributed by atoms with van der Waals surface area (Å²) >= 11 is 0. The van der Waals surface area contributed by atoms with Crippen LogP contribution in [0.15, 0.2) is 40.2 Å². The van der Waals surface area contributed by atoms with E-state index >= 15 is 0 Å². The minimum Gasteiger partial charge on any atom is -0.158 e. The number of hydrogen-bond donors (Lipinski definition) is 0. The van der Waals surface area contributed by atoms with Gasteiger partial charge in [-0.05, 0) is 18.2 Å². The van der Waals surface area contributed by atoms with Crippen molar-refractivity contribution in [3.8, 4) is 0 Å². The molecule has 0 N–H and O–H groups in total. The van der Waals surface area contributed by atoms with Crippen molar-refractivity contribution in [3.63, 3.8) is 0 Å². The van der Waals surface area contributed by atoms with Gasteiger partial charge in [0.05, 0.1) is 5.70 Å². The molecule has 0 aromatic rings. The van der Waals surface area contributed by atoms with Crippen molar-refractivity contribution in [2.75, 3.05) is 0 Å². The minimum atomic E-state index is 0.973. The zero-order valence-corrected chi connectivity index (χ0v) is 5.23. The van der Waals surface area contributed by atoms with E-state index < -0.39 is 0 Å². The summed E-state index contributed by atoms with van der Waals surface area (Å²) < 4.78 is 0. The molecule has 0 aromatic carbocycles. The Bertz CT molecular complexity index is 290. The van der Waals surface area contributed by atoms with Crippen LogP contribution in [-0.2, 0) is 0 Å². The van der Waals surface area contributed by atoms with Crippen molar-refractivity contribution in [3.05, 3.63) is 30.0 Å². The van der Waals surface area contributed by atoms with Crippen LogP contribution >= 0.6 is 0 Å². The summed E-state index contributed by atoms with van der Waals surface area (Å²) in [5, 5.41) is 9.35. The predicted octanol–water partition coefficient (Wildman–Crippen LogP) is 0.882. The van der Waals surface area contributed by atoms with Gasteiger partial charge in [0.15, 0.2) is 0 Å². The highest BCUT2D eigenvalue weighted by Crippen LogP contribution is 2.11. The van der Waals surface area contributed by atoms with Gasteiger partial charge in [0, 0.05) is 18.2 Å². The molecule has 10 heavy (non-hydrogen) atoms. The summed E-state index contributed by atoms with van der Waals surface area (Å²) in [4.78, 5) is 0. The monoisotopic (exact) mass is 131 g/mol. The molecule has 3 heteroatoms. The highest BCUT2D eigenvalue weighted by molar-refractivity contribution is 5.73. The molecule has 0 unspecified atom stereocenters. The topological polar surface area (TPSA) is 28.0 Å². The smallest absolute Gasteiger partial charge is 0.0871 e. The fourth-order valence-electron chi connectivity index (χ4n) is 0.793. The van der Waals surface area contributed by atoms with Crippen LogP contribution in [0.4, 0.5) is 0 Å². The molecule has 2 heterocycles. The molecule has 0 saturated heterocycles. The van der Waals surface area contributed by atoms with Gasteiger partial charge >= 0.3 is 0 Å². The molecule has 2 aliphatic heterocycles. The van der Waals surface area contributed by atoms with Gasteiger partial charge in [-0.15, -0.1) is 10.2 Å². The van der Waals surface area contributed by atoms with Crippen molar-refractivity contribution < 1.29 is 0 Å². The maximum Gasteiger partial charge on any atom is 0.0871 e. The molecule has 0 aromatic heterocycles. The lowest BCUT2D eigenvalue weighted by Gasteiger charge is -2.15. The number of allylic oxidation sites excluding steroid dienone is 4. The lowest BCUT2D eigenvalue weighted by atomic mass is 10.3. The number of hydrogen-bond acceptors (Lipinski definition) is 3. The van der Waals surface area contributed by atoms with Gasteiger partial charge in [-0.3, -0.25) is 0 Å². The Morgan fingerprint density at radius 2 is 2.50 bits per heavy atom. The second-order valence-electron chi connectivity index (χ2n) is 1.90. The van der Waals surface area contributed by atoms with Crippen molar-refractivity contribution in [2.24, 2.45) is 10.2 Å². The normalized spacial score (nSPS) is 19.2. The summed E-state index contributed by atoms with van der Waals surface area (Å²) in [6, 6.07) is 0. The molecule has 3 nitrogen and oxygen atoms in total. The van der Waals surface area contributed by atoms with E-state index in [1.807, 2.05) is 18.2 Å². The molecule has 0 amide bonds. The van der Waals surface area contributed by atoms with Gasteiger partial charge in [0.1, 0.15) is 0 Å². The van der Waals surface area contributed by atoms with Gasteiger partial charge in [-0.2, -0.15) is 5.10 Å². The van der Waals surface area contributed by atoms with Gasteiger partial charge in [0.2, 0.25) is 0 Å². The third-order valence-corrected chi connectivity index (χ3v) is 1.24. The Balaban J connectivity index is 2.45. The number of rotatable bonds is 0. The van der Waals surface area contributed by atoms with E-state index in [9.17, 15) is 0 Å². The minimum absolute atomic E-state index is 0.973. The van der Waals surface area contributed by atoms with Gasteiger partial charge < -0.3 is 0 Å². The average molecular weight is 131 g/mol. The van der Waals surface area contributed by atoms with Crippen molar-refractivity contribution in [1.29, 1.82) is 0 Å². The quantitative estimate of drug-likeness (QED) is 0.479. The molecule has 0 aliphatic carbocycles. The maximum absolute atomic E-state index is 3.96. The predicted molar refractivity (Wildman–Crippen MR) is 39.6 cm³/mol. The number of fused-ring (bicyclic) bond motifs is 1. The first-order chi connectivity index (χ1) is 4.97. The van der Waals surface area contributed by atoms with Crippen LogP contribution in [0.3, 0.4) is 0 Å². The van der Waals surface area contributed by atoms with Gasteiger partial charge in [-0.25, -0.2) is 0 Å². The van der Waals surface area contributed by atoms with Crippen molar-refractivity contribution in [1.82, 2.24) is 5.12 Å². The molecule has 48 valence electrons. The highest BCUT2D eigenvalue weighted by Gasteiger charge is 2.05. The first-order valence-electron chi connectivity index (χ1n) is 2.97. The Morgan fingerprint density at radius 1 is 1.50 bits per heavy atom. The second-order valence-corrected chi connectivity index (χ2v) is 1.90. The second kappa shape index (κ2) is 1.97. The zero-order chi connectivity index (χ0) is 6.81. The maximum atomic E-state index is 3.96. The van der Waals surface area contributed by atoms with Crippen LogP contribution in [0, 0.1) is 0 Å². The molecule has 0 saturated carbocycles. The molecular weight excluding hydrogens is 126 g/mol. The first kappa shape index (κ1) is 5.21. The fourth-order valence-corrected chi connectivity index (χ4v) is 0.793. The van der Waals surface area contributed by atoms with E-state index in [0.29, 0.717) is 0 Å². The molecular formula is C7H5N3. The molecule has 0 bridgehead atoms. The summed E-state index contributed by atoms with van der Waals surface area (Å²) in [7, 11) is 0. The Morgan fingerprint density at radius 3 is 3.40 bits per heavy atom. The Labute approximate surface area is 58.3 Å². The van der Waals surface area contributed by atoms with Crippen molar-refractivity contribution in [2.45, 2.75) is 0 Å². The molecule has 0 radical (unpaired) electrons. The zero-order valence-electron chi connectivity index (χ0n) is 5.23. The lowest BCUT2D eigenvalue weighted by Crippen LogP contribution is -2.11. The molecule has 0 atom stereocenters. The van der Waals surface area contributed by atoms with E-state index in [0.717, 1.165) is 5.70 Å². The Kier molecular flexibility index (Phi) is 1.03. The van der Waals surface area contributed by atoms with E-state index in [2.05, 4.69) is 16.1 Å². The van der Waals surface area contributed by atoms with Crippen LogP contribution in [0.5, 0.6) is 0 Å². The first-order valence-corrected chi connectivity index (χ1v) is 2.97. The largest absolute Gasteiger partial charge is 0.158 e. The van der Waals surface area contributed by atoms with E-state index in [1.165, 1.54) is 5.12 Å². The summed E-state index contributed by atoms with van der Waals surface area (Å²) in [5.41, 5.74) is 0.973. The van der Waals surface area contributed by atoms with Crippen LogP contribution in [0.2, 0.25) is 0 Å². The third kappa shape index (κ3) is 0.694. The number of hydrazone groups is 2. The van der Waals surface area contributed by atoms with E-state index in [4.69, 9.17) is 0 Å². The summed E-state index contributed by atoms with van der Waals surface area (Å²) in [5.74, 6) is 2.69. The standard InChI is InChI=1S/C7H5N3/c1-3-7-4-2-6-9-10(7)8-5-1/h1-5H. The highest BCUT2D eigenvalue weighted by atomic mass is 15.7. The SMILES string of the molecule is C1=CC=C2C=CC=NN2N=1. The number of nitrogens with zero attached hydrogens (tertiary/aromatic N) is 3. The van der Waals surface area contributed by atoms with Gasteiger partial charge in [-0.1, -0.05) is 0 Å². The third-order valence-electron chi connectivity index (χ3n) is 1.24. The lowest BCUT2D eigenvalue weighted by molar-refractivity contribution is 0.400. The molecule has 2 aliphatic rings. The van der Waals surface area contributed by atoms with Crippen LogP contribution in [-0.4, -0.2) is 17.2 Å². The van der Waals surface area contributed by atoms with Crippen LogP contribution < -0.4 is 0 Å². The van der Waals surface area contributed by atoms with Gasteiger partial charge in [0.25, 0.3) is 0 Å². The Hall–Kier alpha value is -1.60. The molecule has 2 rings (SSSR count). The molecule has 0 fully saturated rings. The fraction of sp³-hybridized carbons (Fsp3) is 0. The van der Waals surface area contributed by atoms with Crippen LogP contribution in [0.25, 0.3) is 0 Å². The molecule has 0 spiro atoms. The summed E-state index contributed by atoms with van der Waals surface area (Å²) in [6.45, 7) is 0. The van der Waals surface area contributed by atoms with Crippen molar-refractivity contribution >= 4 is 12.1 Å². The average Bonchev–Trinajstić information content (AvgIpc) is 2.05. The van der Waals surface area contributed by atoms with Crippen LogP contribution in [0.1, 0.15) is 0 Å². The van der Waals surface area contributed by atoms with E-state index in [1.54, 1.807) is 12.3 Å². The summed E-state index contributed by atoms with van der Waals surface area (Å²) in [6.07, 6.45) is 9.16.